The normalized spacial score (nSPS) is 12.1. The van der Waals surface area contributed by atoms with Crippen LogP contribution in [0.3, 0.4) is 0 Å². The van der Waals surface area contributed by atoms with Crippen LogP contribution >= 0.6 is 0 Å². The maximum atomic E-state index is 5.23. The summed E-state index contributed by atoms with van der Waals surface area (Å²) >= 11 is 0. The lowest BCUT2D eigenvalue weighted by atomic mass is 9.23. The molecule has 0 aliphatic rings. The predicted octanol–water partition coefficient (Wildman–Crippen LogP) is -6.54. The molecule has 2 nitrogen and oxygen atoms in total. The SMILES string of the molecule is Bc1c(B)c(B)c2c(-c3ccc(-c4ccc(-n5c(C(B)(B)C(B)(B)B)nc6ccccc65)cc4)cc3)c3c(B)c(B)c(B)c(B)c3c(-c3ccc(-c4ccccc4)cc3)c2c1B. The predicted molar refractivity (Wildman–Crippen MR) is 310 cm³/mol. The summed E-state index contributed by atoms with van der Waals surface area (Å²) in [5, 5.41) is 5.32. The Hall–Kier alpha value is -5.41. The van der Waals surface area contributed by atoms with Gasteiger partial charge in [-0.2, -0.15) is 0 Å². The minimum absolute atomic E-state index is 0.0163. The number of imidazole rings is 1. The molecule has 0 aliphatic heterocycles. The zero-order valence-corrected chi connectivity index (χ0v) is 39.0. The summed E-state index contributed by atoms with van der Waals surface area (Å²) in [6.07, 6.45) is 0. The van der Waals surface area contributed by atoms with Gasteiger partial charge in [0.25, 0.3) is 0 Å². The van der Waals surface area contributed by atoms with E-state index in [1.807, 2.05) is 0 Å². The van der Waals surface area contributed by atoms with Crippen LogP contribution in [0.2, 0.25) is 5.11 Å². The van der Waals surface area contributed by atoms with Crippen molar-refractivity contribution in [1.29, 1.82) is 0 Å². The molecule has 0 saturated heterocycles. The van der Waals surface area contributed by atoms with E-state index in [4.69, 9.17) is 4.98 Å². The summed E-state index contributed by atoms with van der Waals surface area (Å²) in [5.74, 6) is 1.09. The highest BCUT2D eigenvalue weighted by Gasteiger charge is 2.38. The van der Waals surface area contributed by atoms with E-state index < -0.39 is 0 Å². The molecule has 0 spiro atoms. The molecule has 0 atom stereocenters. The van der Waals surface area contributed by atoms with Gasteiger partial charge in [-0.3, -0.25) is 4.57 Å². The smallest absolute Gasteiger partial charge is 0.139 e. The first-order chi connectivity index (χ1) is 29.5. The van der Waals surface area contributed by atoms with Crippen LogP contribution in [0.25, 0.3) is 82.8 Å². The minimum atomic E-state index is -0.164. The fourth-order valence-electron chi connectivity index (χ4n) is 9.84. The highest BCUT2D eigenvalue weighted by Crippen LogP contribution is 2.42. The third kappa shape index (κ3) is 6.56. The Morgan fingerprint density at radius 3 is 1.10 bits per heavy atom. The monoisotopic (exact) mass is 782 g/mol. The first-order valence-electron chi connectivity index (χ1n) is 22.3. The summed E-state index contributed by atoms with van der Waals surface area (Å²) in [6.45, 7) is 0. The number of aromatic nitrogens is 2. The van der Waals surface area contributed by atoms with E-state index in [0.29, 0.717) is 0 Å². The Balaban J connectivity index is 1.23. The molecule has 15 heteroatoms. The number of para-hydroxylation sites is 2. The lowest BCUT2D eigenvalue weighted by Gasteiger charge is -2.39. The molecule has 0 saturated carbocycles. The molecule has 0 N–H and O–H groups in total. The van der Waals surface area contributed by atoms with Gasteiger partial charge < -0.3 is 0 Å². The quantitative estimate of drug-likeness (QED) is 0.116. The first-order valence-corrected chi connectivity index (χ1v) is 22.3. The third-order valence-electron chi connectivity index (χ3n) is 15.3. The standard InChI is InChI=1S/C47H47B13N2/c48-37-33-31(26-14-10-23(11-15-26)22-6-2-1-3-7-22)34-36(40(51)44(55)42(53)38(34)49)32(35(33)39(50)43(54)41(37)52)27-16-12-24(13-17-27)25-18-20-28(21-19-25)62-30-9-5-4-8-29(30)61-45(62)46(56,57)47(58,59)60/h1-21H,48-60H2. The molecule has 0 radical (unpaired) electrons. The van der Waals surface area contributed by atoms with E-state index in [0.717, 1.165) is 22.5 Å². The van der Waals surface area contributed by atoms with Gasteiger partial charge in [-0.05, 0) is 95.5 Å². The Morgan fingerprint density at radius 1 is 0.355 bits per heavy atom. The molecule has 1 aromatic heterocycles. The van der Waals surface area contributed by atoms with Gasteiger partial charge in [0.05, 0.1) is 34.6 Å². The fraction of sp³-hybridized carbons (Fsp3) is 0.0426. The van der Waals surface area contributed by atoms with Crippen LogP contribution in [0, 0.1) is 0 Å². The van der Waals surface area contributed by atoms with E-state index in [1.54, 1.807) is 0 Å². The molecule has 284 valence electrons. The van der Waals surface area contributed by atoms with Gasteiger partial charge in [-0.1, -0.05) is 125 Å². The molecule has 1 heterocycles. The van der Waals surface area contributed by atoms with Crippen molar-refractivity contribution >= 4 is 178 Å². The second kappa shape index (κ2) is 15.4. The van der Waals surface area contributed by atoms with Crippen molar-refractivity contribution in [2.45, 2.75) is 10.3 Å². The van der Waals surface area contributed by atoms with Crippen molar-refractivity contribution in [3.63, 3.8) is 0 Å². The average Bonchev–Trinajstić information content (AvgIpc) is 3.68. The zero-order chi connectivity index (χ0) is 44.0. The number of hydrogen-bond donors (Lipinski definition) is 0. The van der Waals surface area contributed by atoms with E-state index in [9.17, 15) is 0 Å². The van der Waals surface area contributed by atoms with Crippen LogP contribution in [0.5, 0.6) is 0 Å². The van der Waals surface area contributed by atoms with Gasteiger partial charge in [0.2, 0.25) is 0 Å². The number of rotatable bonds is 7. The summed E-state index contributed by atoms with van der Waals surface area (Å²) in [7, 11) is 30.2. The van der Waals surface area contributed by atoms with Crippen molar-refractivity contribution < 1.29 is 0 Å². The minimum Gasteiger partial charge on any atom is -0.297 e. The topological polar surface area (TPSA) is 17.8 Å². The largest absolute Gasteiger partial charge is 0.297 e. The van der Waals surface area contributed by atoms with E-state index >= 15 is 0 Å². The van der Waals surface area contributed by atoms with E-state index in [-0.39, 0.29) is 10.3 Å². The molecule has 62 heavy (non-hydrogen) atoms. The van der Waals surface area contributed by atoms with Crippen molar-refractivity contribution in [3.8, 4) is 50.2 Å². The molecule has 0 bridgehead atoms. The number of hydrogen-bond acceptors (Lipinski definition) is 1. The van der Waals surface area contributed by atoms with Crippen molar-refractivity contribution in [3.05, 3.63) is 133 Å². The zero-order valence-electron chi connectivity index (χ0n) is 39.0. The molecule has 0 amide bonds. The van der Waals surface area contributed by atoms with Crippen molar-refractivity contribution in [2.75, 3.05) is 0 Å². The number of benzene rings is 8. The fourth-order valence-corrected chi connectivity index (χ4v) is 9.84. The van der Waals surface area contributed by atoms with Gasteiger partial charge in [-0.25, -0.2) is 4.98 Å². The van der Waals surface area contributed by atoms with Gasteiger partial charge in [-0.15, -0.1) is 27.0 Å². The second-order valence-electron chi connectivity index (χ2n) is 19.5. The molecule has 0 fully saturated rings. The van der Waals surface area contributed by atoms with Gasteiger partial charge >= 0.3 is 0 Å². The van der Waals surface area contributed by atoms with E-state index in [2.05, 4.69) is 234 Å². The molecule has 9 rings (SSSR count). The molecule has 0 unspecified atom stereocenters. The highest BCUT2D eigenvalue weighted by molar-refractivity contribution is 6.71. The van der Waals surface area contributed by atoms with Gasteiger partial charge in [0.1, 0.15) is 84.3 Å². The molecule has 0 aliphatic carbocycles. The summed E-state index contributed by atoms with van der Waals surface area (Å²) in [6, 6.07) is 47.0. The molecule has 9 aromatic rings. The number of fused-ring (bicyclic) bond motifs is 3. The molecular weight excluding hydrogens is 733 g/mol. The Labute approximate surface area is 379 Å². The van der Waals surface area contributed by atoms with Crippen molar-refractivity contribution in [2.24, 2.45) is 0 Å². The Kier molecular flexibility index (Phi) is 10.4. The second-order valence-corrected chi connectivity index (χ2v) is 19.5. The third-order valence-corrected chi connectivity index (χ3v) is 15.3. The van der Waals surface area contributed by atoms with Gasteiger partial charge in [0, 0.05) is 5.69 Å². The summed E-state index contributed by atoms with van der Waals surface area (Å²) in [4.78, 5) is 5.23. The van der Waals surface area contributed by atoms with Crippen LogP contribution in [0.15, 0.2) is 127 Å². The summed E-state index contributed by atoms with van der Waals surface area (Å²) in [5.41, 5.74) is 24.3. The number of nitrogens with zero attached hydrogens (tertiary/aromatic N) is 2. The average molecular weight is 780 g/mol. The van der Waals surface area contributed by atoms with Crippen LogP contribution < -0.4 is 43.7 Å². The first kappa shape index (κ1) is 41.9. The highest BCUT2D eigenvalue weighted by atomic mass is 15.1. The Morgan fingerprint density at radius 2 is 0.694 bits per heavy atom. The molecular formula is C47H47B13N2. The maximum absolute atomic E-state index is 5.23. The van der Waals surface area contributed by atoms with E-state index in [1.165, 1.54) is 110 Å². The lowest BCUT2D eigenvalue weighted by molar-refractivity contribution is 0.757. The van der Waals surface area contributed by atoms with Crippen LogP contribution in [0.4, 0.5) is 0 Å². The van der Waals surface area contributed by atoms with Crippen LogP contribution in [-0.4, -0.2) is 112 Å². The summed E-state index contributed by atoms with van der Waals surface area (Å²) < 4.78 is 2.37. The van der Waals surface area contributed by atoms with Crippen LogP contribution in [0.1, 0.15) is 5.82 Å². The maximum Gasteiger partial charge on any atom is 0.139 e. The van der Waals surface area contributed by atoms with Crippen LogP contribution in [-0.2, 0) is 5.21 Å². The lowest BCUT2D eigenvalue weighted by Crippen LogP contribution is -2.50. The van der Waals surface area contributed by atoms with Gasteiger partial charge in [0.15, 0.2) is 0 Å². The van der Waals surface area contributed by atoms with Crippen molar-refractivity contribution in [1.82, 2.24) is 9.55 Å². The molecule has 8 aromatic carbocycles. The Bertz CT molecular complexity index is 3170.